The molecule has 78 valence electrons. The molecule has 1 aliphatic rings. The van der Waals surface area contributed by atoms with Crippen LogP contribution in [0.5, 0.6) is 0 Å². The largest absolute Gasteiger partial charge is 0.394 e. The summed E-state index contributed by atoms with van der Waals surface area (Å²) in [7, 11) is 0. The fourth-order valence-corrected chi connectivity index (χ4v) is 1.29. The molecule has 1 heterocycles. The van der Waals surface area contributed by atoms with Crippen molar-refractivity contribution in [3.63, 3.8) is 0 Å². The minimum Gasteiger partial charge on any atom is -0.372 e. The zero-order valence-corrected chi connectivity index (χ0v) is 6.70. The van der Waals surface area contributed by atoms with Crippen molar-refractivity contribution in [1.29, 1.82) is 0 Å². The lowest BCUT2D eigenvalue weighted by molar-refractivity contribution is -0.215. The van der Waals surface area contributed by atoms with E-state index < -0.39 is 24.6 Å². The van der Waals surface area contributed by atoms with Gasteiger partial charge in [-0.15, -0.1) is 0 Å². The van der Waals surface area contributed by atoms with Crippen LogP contribution in [0.2, 0.25) is 0 Å². The molecule has 6 heteroatoms. The standard InChI is InChI=1S/C7H9F5O/c8-6(9,4-7(10,11)12)5-2-1-3-13-5/h5H,1-4H2. The molecule has 1 saturated heterocycles. The molecule has 1 unspecified atom stereocenters. The third kappa shape index (κ3) is 3.10. The van der Waals surface area contributed by atoms with Crippen LogP contribution in [-0.4, -0.2) is 24.8 Å². The zero-order valence-electron chi connectivity index (χ0n) is 6.70. The van der Waals surface area contributed by atoms with Crippen LogP contribution in [0.3, 0.4) is 0 Å². The third-order valence-corrected chi connectivity index (χ3v) is 1.84. The van der Waals surface area contributed by atoms with Gasteiger partial charge in [-0.2, -0.15) is 13.2 Å². The first-order valence-electron chi connectivity index (χ1n) is 3.87. The number of alkyl halides is 5. The number of halogens is 5. The molecule has 0 aromatic rings. The Balaban J connectivity index is 2.53. The summed E-state index contributed by atoms with van der Waals surface area (Å²) in [5.74, 6) is -3.78. The van der Waals surface area contributed by atoms with Gasteiger partial charge in [0.1, 0.15) is 12.5 Å². The van der Waals surface area contributed by atoms with E-state index in [9.17, 15) is 22.0 Å². The lowest BCUT2D eigenvalue weighted by atomic mass is 10.1. The lowest BCUT2D eigenvalue weighted by Gasteiger charge is -2.23. The van der Waals surface area contributed by atoms with Gasteiger partial charge in [0.05, 0.1) is 0 Å². The maximum absolute atomic E-state index is 12.8. The Morgan fingerprint density at radius 2 is 1.77 bits per heavy atom. The second-order valence-corrected chi connectivity index (χ2v) is 3.05. The summed E-state index contributed by atoms with van der Waals surface area (Å²) in [6, 6.07) is 0. The van der Waals surface area contributed by atoms with E-state index in [1.807, 2.05) is 0 Å². The van der Waals surface area contributed by atoms with Crippen molar-refractivity contribution >= 4 is 0 Å². The highest BCUT2D eigenvalue weighted by Gasteiger charge is 2.50. The van der Waals surface area contributed by atoms with E-state index in [1.54, 1.807) is 0 Å². The Labute approximate surface area is 71.9 Å². The molecular formula is C7H9F5O. The predicted octanol–water partition coefficient (Wildman–Crippen LogP) is 2.75. The fourth-order valence-electron chi connectivity index (χ4n) is 1.29. The lowest BCUT2D eigenvalue weighted by Crippen LogP contribution is -2.37. The highest BCUT2D eigenvalue weighted by Crippen LogP contribution is 2.38. The molecular weight excluding hydrogens is 195 g/mol. The maximum atomic E-state index is 12.8. The molecule has 0 aromatic heterocycles. The molecule has 0 spiro atoms. The fraction of sp³-hybridized carbons (Fsp3) is 1.00. The minimum absolute atomic E-state index is 0.00306. The van der Waals surface area contributed by atoms with Crippen molar-refractivity contribution in [2.24, 2.45) is 0 Å². The number of rotatable bonds is 2. The Hall–Kier alpha value is -0.390. The van der Waals surface area contributed by atoms with Crippen LogP contribution in [0.4, 0.5) is 22.0 Å². The molecule has 0 radical (unpaired) electrons. The summed E-state index contributed by atoms with van der Waals surface area (Å²) in [5, 5.41) is 0. The average Bonchev–Trinajstić information content (AvgIpc) is 2.29. The highest BCUT2D eigenvalue weighted by atomic mass is 19.4. The third-order valence-electron chi connectivity index (χ3n) is 1.84. The van der Waals surface area contributed by atoms with Crippen molar-refractivity contribution in [3.05, 3.63) is 0 Å². The van der Waals surface area contributed by atoms with Crippen LogP contribution in [0.15, 0.2) is 0 Å². The van der Waals surface area contributed by atoms with Crippen molar-refractivity contribution in [1.82, 2.24) is 0 Å². The first kappa shape index (κ1) is 10.7. The Bertz CT molecular complexity index is 170. The van der Waals surface area contributed by atoms with Gasteiger partial charge in [-0.05, 0) is 12.8 Å². The average molecular weight is 204 g/mol. The van der Waals surface area contributed by atoms with E-state index in [4.69, 9.17) is 0 Å². The Kier molecular flexibility index (Phi) is 2.79. The molecule has 1 rings (SSSR count). The van der Waals surface area contributed by atoms with Crippen LogP contribution in [0.1, 0.15) is 19.3 Å². The quantitative estimate of drug-likeness (QED) is 0.628. The first-order chi connectivity index (χ1) is 5.81. The molecule has 0 N–H and O–H groups in total. The summed E-state index contributed by atoms with van der Waals surface area (Å²) in [5.41, 5.74) is 0. The van der Waals surface area contributed by atoms with Crippen LogP contribution >= 0.6 is 0 Å². The van der Waals surface area contributed by atoms with Gasteiger partial charge in [-0.3, -0.25) is 0 Å². The van der Waals surface area contributed by atoms with Gasteiger partial charge in [-0.25, -0.2) is 8.78 Å². The van der Waals surface area contributed by atoms with Gasteiger partial charge in [0, 0.05) is 6.61 Å². The molecule has 1 fully saturated rings. The molecule has 0 amide bonds. The molecule has 1 atom stereocenters. The molecule has 0 aliphatic carbocycles. The maximum Gasteiger partial charge on any atom is 0.394 e. The SMILES string of the molecule is FC(F)(F)CC(F)(F)C1CCCO1. The second-order valence-electron chi connectivity index (χ2n) is 3.05. The number of ether oxygens (including phenoxy) is 1. The van der Waals surface area contributed by atoms with Crippen LogP contribution in [0, 0.1) is 0 Å². The molecule has 0 bridgehead atoms. The minimum atomic E-state index is -4.84. The molecule has 0 aromatic carbocycles. The Morgan fingerprint density at radius 3 is 2.15 bits per heavy atom. The zero-order chi connectivity index (χ0) is 10.1. The summed E-state index contributed by atoms with van der Waals surface area (Å²) >= 11 is 0. The van der Waals surface area contributed by atoms with E-state index in [-0.39, 0.29) is 13.0 Å². The van der Waals surface area contributed by atoms with Gasteiger partial charge < -0.3 is 4.74 Å². The van der Waals surface area contributed by atoms with E-state index in [1.165, 1.54) is 0 Å². The van der Waals surface area contributed by atoms with E-state index >= 15 is 0 Å². The summed E-state index contributed by atoms with van der Waals surface area (Å²) < 4.78 is 65.1. The van der Waals surface area contributed by atoms with Crippen molar-refractivity contribution in [3.8, 4) is 0 Å². The number of hydrogen-bond acceptors (Lipinski definition) is 1. The summed E-state index contributed by atoms with van der Waals surface area (Å²) in [6.45, 7) is 0.123. The van der Waals surface area contributed by atoms with Gasteiger partial charge in [0.15, 0.2) is 0 Å². The number of hydrogen-bond donors (Lipinski definition) is 0. The first-order valence-corrected chi connectivity index (χ1v) is 3.87. The van der Waals surface area contributed by atoms with E-state index in [0.29, 0.717) is 6.42 Å². The predicted molar refractivity (Wildman–Crippen MR) is 34.6 cm³/mol. The van der Waals surface area contributed by atoms with Crippen LogP contribution in [0.25, 0.3) is 0 Å². The van der Waals surface area contributed by atoms with Crippen LogP contribution in [-0.2, 0) is 4.74 Å². The van der Waals surface area contributed by atoms with Crippen molar-refractivity contribution < 1.29 is 26.7 Å². The highest BCUT2D eigenvalue weighted by molar-refractivity contribution is 4.83. The van der Waals surface area contributed by atoms with Crippen LogP contribution < -0.4 is 0 Å². The molecule has 13 heavy (non-hydrogen) atoms. The van der Waals surface area contributed by atoms with Gasteiger partial charge in [0.25, 0.3) is 5.92 Å². The van der Waals surface area contributed by atoms with E-state index in [0.717, 1.165) is 0 Å². The summed E-state index contributed by atoms with van der Waals surface area (Å²) in [6.07, 6.45) is -8.09. The van der Waals surface area contributed by atoms with Crippen molar-refractivity contribution in [2.45, 2.75) is 37.5 Å². The van der Waals surface area contributed by atoms with Gasteiger partial charge >= 0.3 is 6.18 Å². The van der Waals surface area contributed by atoms with E-state index in [2.05, 4.69) is 4.74 Å². The van der Waals surface area contributed by atoms with Gasteiger partial charge in [0.2, 0.25) is 0 Å². The molecule has 1 nitrogen and oxygen atoms in total. The topological polar surface area (TPSA) is 9.23 Å². The Morgan fingerprint density at radius 1 is 1.15 bits per heavy atom. The molecule has 0 saturated carbocycles. The smallest absolute Gasteiger partial charge is 0.372 e. The summed E-state index contributed by atoms with van der Waals surface area (Å²) in [4.78, 5) is 0. The van der Waals surface area contributed by atoms with Crippen molar-refractivity contribution in [2.75, 3.05) is 6.61 Å². The van der Waals surface area contributed by atoms with Gasteiger partial charge in [-0.1, -0.05) is 0 Å². The monoisotopic (exact) mass is 204 g/mol. The normalized spacial score (nSPS) is 25.2. The molecule has 1 aliphatic heterocycles. The second kappa shape index (κ2) is 3.40.